The van der Waals surface area contributed by atoms with Crippen LogP contribution in [0, 0.1) is 12.7 Å². The minimum atomic E-state index is -4.33. The second-order valence-corrected chi connectivity index (χ2v) is 13.2. The molecule has 3 aromatic rings. The van der Waals surface area contributed by atoms with Crippen molar-refractivity contribution in [3.05, 3.63) is 119 Å². The maximum absolute atomic E-state index is 11.1. The van der Waals surface area contributed by atoms with Crippen molar-refractivity contribution in [2.75, 3.05) is 36.1 Å². The first kappa shape index (κ1) is 37.2. The summed E-state index contributed by atoms with van der Waals surface area (Å²) in [6, 6.07) is 21.5. The third-order valence-electron chi connectivity index (χ3n) is 6.91. The van der Waals surface area contributed by atoms with E-state index in [2.05, 4.69) is 15.6 Å². The SMILES string of the molecule is CCOc1ccc(Nc2ccc(/C(=C3\C=CC(=[NH+]CCS(=O)(=O)[O-])C(C)=C3)c3ccc(NC[CH-]S(=O)(=O)O)c(C)c3)cc2)cc1.[Na+]. The fourth-order valence-electron chi connectivity index (χ4n) is 4.79. The van der Waals surface area contributed by atoms with Gasteiger partial charge in [0.05, 0.1) is 12.4 Å². The molecule has 0 saturated heterocycles. The number of allylic oxidation sites excluding steroid dienone is 5. The van der Waals surface area contributed by atoms with Gasteiger partial charge < -0.3 is 24.5 Å². The first-order chi connectivity index (χ1) is 21.3. The van der Waals surface area contributed by atoms with Gasteiger partial charge in [0.25, 0.3) is 0 Å². The molecule has 0 amide bonds. The van der Waals surface area contributed by atoms with E-state index in [0.717, 1.165) is 67.7 Å². The minimum absolute atomic E-state index is 0. The van der Waals surface area contributed by atoms with E-state index in [-0.39, 0.29) is 42.6 Å². The molecule has 13 heteroatoms. The molecule has 0 radical (unpaired) electrons. The number of aryl methyl sites for hydroxylation is 1. The first-order valence-corrected chi connectivity index (χ1v) is 17.3. The summed E-state index contributed by atoms with van der Waals surface area (Å²) in [5.74, 6) is 1.09. The Morgan fingerprint density at radius 1 is 0.935 bits per heavy atom. The predicted octanol–water partition coefficient (Wildman–Crippen LogP) is 0.988. The van der Waals surface area contributed by atoms with Gasteiger partial charge in [-0.25, -0.2) is 21.8 Å². The standard InChI is InChI=1S/C33H36N3O7S2.Na/c1-4-43-30-13-11-29(12-14-30)36-28-9-5-25(6-10-28)33(26-7-15-31(23(2)21-26)34-17-19-44(37,38)39)27-8-16-32(24(3)22-27)35-18-20-45(40,41)42;/h5-16,19,21-22,34,36H,4,17-18,20H2,1-3H3,(H,37,38,39)(H,40,41,42);/q-1;+1/b33-27-,35-32?;. The molecule has 3 aromatic carbocycles. The number of ether oxygens (including phenoxy) is 1. The van der Waals surface area contributed by atoms with Gasteiger partial charge in [-0.05, 0) is 109 Å². The van der Waals surface area contributed by atoms with Crippen molar-refractivity contribution in [3.63, 3.8) is 0 Å². The van der Waals surface area contributed by atoms with Gasteiger partial charge in [-0.2, -0.15) is 5.75 Å². The molecule has 4 N–H and O–H groups in total. The summed E-state index contributed by atoms with van der Waals surface area (Å²) < 4.78 is 69.8. The van der Waals surface area contributed by atoms with Crippen LogP contribution in [-0.4, -0.2) is 57.1 Å². The summed E-state index contributed by atoms with van der Waals surface area (Å²) in [5, 5.41) is 6.41. The summed E-state index contributed by atoms with van der Waals surface area (Å²) >= 11 is 0. The number of anilines is 3. The number of nitrogens with one attached hydrogen (secondary N) is 3. The number of rotatable bonds is 13. The molecule has 0 saturated carbocycles. The maximum atomic E-state index is 11.1. The topological polar surface area (TPSA) is 159 Å². The molecule has 0 fully saturated rings. The van der Waals surface area contributed by atoms with Gasteiger partial charge in [0.1, 0.15) is 26.0 Å². The Morgan fingerprint density at radius 2 is 1.57 bits per heavy atom. The van der Waals surface area contributed by atoms with Crippen molar-refractivity contribution in [1.29, 1.82) is 0 Å². The molecular formula is C33H36N3NaO7S2. The van der Waals surface area contributed by atoms with E-state index in [1.165, 1.54) is 0 Å². The molecule has 0 unspecified atom stereocenters. The summed E-state index contributed by atoms with van der Waals surface area (Å²) in [4.78, 5) is 3.03. The molecule has 1 aliphatic carbocycles. The van der Waals surface area contributed by atoms with Gasteiger partial charge in [-0.15, -0.1) is 0 Å². The predicted molar refractivity (Wildman–Crippen MR) is 177 cm³/mol. The van der Waals surface area contributed by atoms with E-state index < -0.39 is 26.0 Å². The van der Waals surface area contributed by atoms with E-state index in [9.17, 15) is 21.4 Å². The van der Waals surface area contributed by atoms with Crippen molar-refractivity contribution < 1.29 is 65.2 Å². The molecule has 0 heterocycles. The van der Waals surface area contributed by atoms with Crippen molar-refractivity contribution in [2.24, 2.45) is 0 Å². The average molecular weight is 674 g/mol. The first-order valence-electron chi connectivity index (χ1n) is 14.2. The van der Waals surface area contributed by atoms with Crippen molar-refractivity contribution >= 4 is 48.6 Å². The van der Waals surface area contributed by atoms with Crippen molar-refractivity contribution in [2.45, 2.75) is 20.8 Å². The van der Waals surface area contributed by atoms with Crippen LogP contribution in [0.25, 0.3) is 5.57 Å². The van der Waals surface area contributed by atoms with E-state index in [4.69, 9.17) is 9.29 Å². The summed E-state index contributed by atoms with van der Waals surface area (Å²) in [7, 11) is -8.53. The molecule has 0 bridgehead atoms. The summed E-state index contributed by atoms with van der Waals surface area (Å²) in [5.41, 5.74) is 8.74. The van der Waals surface area contributed by atoms with Crippen LogP contribution in [-0.2, 0) is 20.2 Å². The number of benzene rings is 3. The van der Waals surface area contributed by atoms with Gasteiger partial charge >= 0.3 is 29.6 Å². The smallest absolute Gasteiger partial charge is 0.748 e. The zero-order chi connectivity index (χ0) is 32.6. The quantitative estimate of drug-likeness (QED) is 0.118. The molecule has 0 spiro atoms. The normalized spacial score (nSPS) is 15.2. The van der Waals surface area contributed by atoms with E-state index in [1.54, 1.807) is 0 Å². The van der Waals surface area contributed by atoms with Crippen LogP contribution in [0.2, 0.25) is 0 Å². The molecule has 0 atom stereocenters. The zero-order valence-electron chi connectivity index (χ0n) is 26.2. The van der Waals surface area contributed by atoms with Crippen molar-refractivity contribution in [1.82, 2.24) is 0 Å². The molecule has 0 aromatic heterocycles. The van der Waals surface area contributed by atoms with E-state index >= 15 is 0 Å². The Bertz CT molecular complexity index is 1870. The third kappa shape index (κ3) is 11.2. The zero-order valence-corrected chi connectivity index (χ0v) is 29.8. The Balaban J connectivity index is 0.00000576. The van der Waals surface area contributed by atoms with Crippen LogP contribution >= 0.6 is 0 Å². The fraction of sp³-hybridized carbons (Fsp3) is 0.212. The van der Waals surface area contributed by atoms with Crippen LogP contribution in [0.1, 0.15) is 30.5 Å². The third-order valence-corrected chi connectivity index (χ3v) is 8.20. The molecule has 1 aliphatic rings. The monoisotopic (exact) mass is 673 g/mol. The molecular weight excluding hydrogens is 638 g/mol. The van der Waals surface area contributed by atoms with Crippen LogP contribution in [0.15, 0.2) is 96.1 Å². The Hall–Kier alpha value is -3.23. The average Bonchev–Trinajstić information content (AvgIpc) is 2.96. The summed E-state index contributed by atoms with van der Waals surface area (Å²) in [6.45, 7) is 6.30. The Kier molecular flexibility index (Phi) is 13.4. The molecule has 0 aliphatic heterocycles. The molecule has 4 rings (SSSR count). The van der Waals surface area contributed by atoms with Crippen LogP contribution in [0.5, 0.6) is 5.75 Å². The molecule has 46 heavy (non-hydrogen) atoms. The largest absolute Gasteiger partial charge is 1.00 e. The van der Waals surface area contributed by atoms with Crippen molar-refractivity contribution in [3.8, 4) is 5.75 Å². The van der Waals surface area contributed by atoms with Gasteiger partial charge in [0, 0.05) is 28.7 Å². The second kappa shape index (κ2) is 16.6. The van der Waals surface area contributed by atoms with Crippen LogP contribution in [0.3, 0.4) is 0 Å². The number of hydrogen-bond acceptors (Lipinski definition) is 8. The Morgan fingerprint density at radius 3 is 2.13 bits per heavy atom. The van der Waals surface area contributed by atoms with E-state index in [1.807, 2.05) is 106 Å². The second-order valence-electron chi connectivity index (χ2n) is 10.3. The molecule has 238 valence electrons. The van der Waals surface area contributed by atoms with Gasteiger partial charge in [-0.3, -0.25) is 0 Å². The Labute approximate surface area is 293 Å². The minimum Gasteiger partial charge on any atom is -0.748 e. The van der Waals surface area contributed by atoms with Gasteiger partial charge in [0.15, 0.2) is 6.54 Å². The maximum Gasteiger partial charge on any atom is 1.00 e. The molecule has 10 nitrogen and oxygen atoms in total. The van der Waals surface area contributed by atoms with Crippen LogP contribution < -0.4 is 49.9 Å². The number of hydrogen-bond donors (Lipinski definition) is 4. The van der Waals surface area contributed by atoms with Crippen LogP contribution in [0.4, 0.5) is 17.1 Å². The van der Waals surface area contributed by atoms with E-state index in [0.29, 0.717) is 6.61 Å². The summed E-state index contributed by atoms with van der Waals surface area (Å²) in [6.07, 6.45) is 5.79. The van der Waals surface area contributed by atoms with Gasteiger partial charge in [0.2, 0.25) is 5.71 Å². The van der Waals surface area contributed by atoms with Gasteiger partial charge in [-0.1, -0.05) is 24.7 Å². The fourth-order valence-corrected chi connectivity index (χ4v) is 5.44.